The molecule has 1 fully saturated rings. The zero-order chi connectivity index (χ0) is 23.2. The van der Waals surface area contributed by atoms with Crippen molar-refractivity contribution in [3.05, 3.63) is 63.1 Å². The van der Waals surface area contributed by atoms with E-state index in [0.717, 1.165) is 6.07 Å². The summed E-state index contributed by atoms with van der Waals surface area (Å²) < 4.78 is 33.7. The maximum Gasteiger partial charge on any atom is 0.274 e. The molecule has 4 rings (SSSR count). The highest BCUT2D eigenvalue weighted by Crippen LogP contribution is 2.54. The summed E-state index contributed by atoms with van der Waals surface area (Å²) in [5, 5.41) is 13.0. The van der Waals surface area contributed by atoms with Crippen LogP contribution in [0.2, 0.25) is 0 Å². The van der Waals surface area contributed by atoms with Gasteiger partial charge in [0.05, 0.1) is 12.1 Å². The molecule has 0 bridgehead atoms. The number of ether oxygens (including phenoxy) is 1. The molecule has 2 amide bonds. The van der Waals surface area contributed by atoms with E-state index in [2.05, 4.69) is 5.32 Å². The van der Waals surface area contributed by atoms with Gasteiger partial charge in [-0.3, -0.25) is 14.4 Å². The second-order valence-corrected chi connectivity index (χ2v) is 8.14. The molecule has 0 radical (unpaired) electrons. The van der Waals surface area contributed by atoms with Crippen molar-refractivity contribution < 1.29 is 28.2 Å². The van der Waals surface area contributed by atoms with Gasteiger partial charge in [-0.2, -0.15) is 0 Å². The molecule has 8 nitrogen and oxygen atoms in total. The van der Waals surface area contributed by atoms with E-state index in [1.807, 2.05) is 0 Å². The molecule has 1 saturated carbocycles. The van der Waals surface area contributed by atoms with Gasteiger partial charge in [0.1, 0.15) is 17.2 Å². The molecule has 2 N–H and O–H groups in total. The summed E-state index contributed by atoms with van der Waals surface area (Å²) in [6.07, 6.45) is 1.94. The molecule has 2 heterocycles. The van der Waals surface area contributed by atoms with Crippen LogP contribution in [0.25, 0.3) is 0 Å². The maximum atomic E-state index is 13.9. The first-order chi connectivity index (χ1) is 15.2. The number of fused-ring (bicyclic) bond motifs is 2. The van der Waals surface area contributed by atoms with Gasteiger partial charge in [0.15, 0.2) is 11.4 Å². The smallest absolute Gasteiger partial charge is 0.274 e. The Balaban J connectivity index is 0.00000306. The van der Waals surface area contributed by atoms with Crippen molar-refractivity contribution in [1.29, 1.82) is 0 Å². The van der Waals surface area contributed by atoms with Crippen LogP contribution in [-0.4, -0.2) is 53.2 Å². The number of methoxy groups -OCH3 is 1. The number of carbonyl (C=O) groups is 2. The number of hydrogen-bond acceptors (Lipinski definition) is 5. The minimum atomic E-state index is -0.987. The molecule has 33 heavy (non-hydrogen) atoms. The summed E-state index contributed by atoms with van der Waals surface area (Å²) in [4.78, 5) is 39.9. The van der Waals surface area contributed by atoms with Crippen molar-refractivity contribution in [1.82, 2.24) is 14.8 Å². The van der Waals surface area contributed by atoms with Gasteiger partial charge in [-0.05, 0) is 19.4 Å². The van der Waals surface area contributed by atoms with Crippen LogP contribution < -0.4 is 10.7 Å². The lowest BCUT2D eigenvalue weighted by atomic mass is 10.0. The number of rotatable bonds is 6. The summed E-state index contributed by atoms with van der Waals surface area (Å²) in [7, 11) is 1.56. The fourth-order valence-electron chi connectivity index (χ4n) is 4.41. The fraction of sp³-hybridized carbons (Fsp3) is 0.409. The van der Waals surface area contributed by atoms with E-state index in [1.54, 1.807) is 18.9 Å². The van der Waals surface area contributed by atoms with Crippen LogP contribution in [0.1, 0.15) is 39.8 Å². The molecule has 1 aromatic heterocycles. The first-order valence-corrected chi connectivity index (χ1v) is 10.2. The van der Waals surface area contributed by atoms with Gasteiger partial charge >= 0.3 is 0 Å². The van der Waals surface area contributed by atoms with Crippen molar-refractivity contribution in [2.75, 3.05) is 26.8 Å². The van der Waals surface area contributed by atoms with Crippen LogP contribution in [0.3, 0.4) is 0 Å². The predicted octanol–water partition coefficient (Wildman–Crippen LogP) is 2.02. The number of nitrogens with one attached hydrogen (secondary N) is 1. The van der Waals surface area contributed by atoms with Gasteiger partial charge < -0.3 is 24.6 Å². The Hall–Kier alpha value is -2.98. The number of amides is 2. The zero-order valence-corrected chi connectivity index (χ0v) is 18.9. The highest BCUT2D eigenvalue weighted by atomic mass is 35.5. The molecule has 2 atom stereocenters. The molecular weight excluding hydrogens is 460 g/mol. The Morgan fingerprint density at radius 3 is 2.70 bits per heavy atom. The Morgan fingerprint density at radius 2 is 2.06 bits per heavy atom. The third-order valence-electron chi connectivity index (χ3n) is 6.27. The van der Waals surface area contributed by atoms with Crippen LogP contribution in [0.5, 0.6) is 5.75 Å². The van der Waals surface area contributed by atoms with E-state index < -0.39 is 40.2 Å². The number of pyridine rings is 1. The van der Waals surface area contributed by atoms with E-state index in [0.29, 0.717) is 32.2 Å². The summed E-state index contributed by atoms with van der Waals surface area (Å²) >= 11 is 0. The molecule has 0 unspecified atom stereocenters. The number of likely N-dealkylation sites (N-methyl/N-ethyl adjacent to an activating group) is 1. The van der Waals surface area contributed by atoms with E-state index >= 15 is 0 Å². The van der Waals surface area contributed by atoms with E-state index in [-0.39, 0.29) is 41.7 Å². The van der Waals surface area contributed by atoms with Crippen molar-refractivity contribution in [2.45, 2.75) is 25.4 Å². The van der Waals surface area contributed by atoms with Gasteiger partial charge in [-0.25, -0.2) is 8.78 Å². The summed E-state index contributed by atoms with van der Waals surface area (Å²) in [5.41, 5.74) is -2.05. The number of aromatic nitrogens is 1. The molecule has 2 aliphatic rings. The molecule has 1 aromatic carbocycles. The summed E-state index contributed by atoms with van der Waals surface area (Å²) in [6.45, 7) is 2.71. The summed E-state index contributed by atoms with van der Waals surface area (Å²) in [5.74, 6) is -3.66. The van der Waals surface area contributed by atoms with E-state index in [4.69, 9.17) is 4.74 Å². The van der Waals surface area contributed by atoms with Gasteiger partial charge in [0.25, 0.3) is 11.8 Å². The monoisotopic (exact) mass is 483 g/mol. The largest absolute Gasteiger partial charge is 0.503 e. The molecule has 1 aliphatic carbocycles. The molecule has 0 saturated heterocycles. The number of aromatic hydroxyl groups is 1. The van der Waals surface area contributed by atoms with Crippen molar-refractivity contribution in [3.63, 3.8) is 0 Å². The SMILES string of the molecule is CCN1C[C@]2(C[C@H]2COC)n2cc(C(=O)NCc3ccc(F)cc3F)c(=O)c(O)c2C1=O.Cl. The molecule has 11 heteroatoms. The number of nitrogens with zero attached hydrogens (tertiary/aromatic N) is 2. The average Bonchev–Trinajstić information content (AvgIpc) is 3.44. The Morgan fingerprint density at radius 1 is 1.33 bits per heavy atom. The normalized spacial score (nSPS) is 20.9. The zero-order valence-electron chi connectivity index (χ0n) is 18.1. The summed E-state index contributed by atoms with van der Waals surface area (Å²) in [6, 6.07) is 2.94. The Bertz CT molecular complexity index is 1170. The van der Waals surface area contributed by atoms with Crippen molar-refractivity contribution >= 4 is 24.2 Å². The molecule has 1 aliphatic heterocycles. The van der Waals surface area contributed by atoms with E-state index in [1.165, 1.54) is 16.8 Å². The van der Waals surface area contributed by atoms with Crippen LogP contribution >= 0.6 is 12.4 Å². The maximum absolute atomic E-state index is 13.9. The molecular formula is C22H24ClF2N3O5. The van der Waals surface area contributed by atoms with Crippen LogP contribution in [0.15, 0.2) is 29.2 Å². The van der Waals surface area contributed by atoms with Crippen molar-refractivity contribution in [2.24, 2.45) is 5.92 Å². The lowest BCUT2D eigenvalue weighted by Gasteiger charge is -2.37. The number of halogens is 3. The second kappa shape index (κ2) is 9.11. The first-order valence-electron chi connectivity index (χ1n) is 10.2. The average molecular weight is 484 g/mol. The second-order valence-electron chi connectivity index (χ2n) is 8.14. The topological polar surface area (TPSA) is 101 Å². The first kappa shape index (κ1) is 24.7. The van der Waals surface area contributed by atoms with Crippen LogP contribution in [0, 0.1) is 17.6 Å². The minimum Gasteiger partial charge on any atom is -0.503 e. The molecule has 178 valence electrons. The quantitative estimate of drug-likeness (QED) is 0.654. The number of hydrogen-bond donors (Lipinski definition) is 2. The Labute approximate surface area is 194 Å². The molecule has 2 aromatic rings. The van der Waals surface area contributed by atoms with Gasteiger partial charge in [0.2, 0.25) is 5.43 Å². The van der Waals surface area contributed by atoms with Crippen LogP contribution in [-0.2, 0) is 16.8 Å². The highest BCUT2D eigenvalue weighted by molar-refractivity contribution is 5.99. The fourth-order valence-corrected chi connectivity index (χ4v) is 4.41. The third-order valence-corrected chi connectivity index (χ3v) is 6.27. The number of carbonyl (C=O) groups excluding carboxylic acids is 2. The number of benzene rings is 1. The van der Waals surface area contributed by atoms with Crippen molar-refractivity contribution in [3.8, 4) is 5.75 Å². The van der Waals surface area contributed by atoms with E-state index in [9.17, 15) is 28.3 Å². The minimum absolute atomic E-state index is 0. The van der Waals surface area contributed by atoms with Gasteiger partial charge in [-0.1, -0.05) is 6.07 Å². The Kier molecular flexibility index (Phi) is 6.80. The molecule has 1 spiro atoms. The van der Waals surface area contributed by atoms with Gasteiger partial charge in [-0.15, -0.1) is 12.4 Å². The lowest BCUT2D eigenvalue weighted by Crippen LogP contribution is -2.49. The lowest BCUT2D eigenvalue weighted by molar-refractivity contribution is 0.0622. The van der Waals surface area contributed by atoms with Crippen LogP contribution in [0.4, 0.5) is 8.78 Å². The third kappa shape index (κ3) is 4.08. The predicted molar refractivity (Wildman–Crippen MR) is 117 cm³/mol. The highest BCUT2D eigenvalue weighted by Gasteiger charge is 2.60. The van der Waals surface area contributed by atoms with Gasteiger partial charge in [0, 0.05) is 50.5 Å². The standard InChI is InChI=1S/C22H23F2N3O5.ClH/c1-3-26-11-22(7-13(22)10-32-2)27-9-15(18(28)19(29)17(27)21(26)31)20(30)25-8-12-4-5-14(23)6-16(12)24;/h4-6,9,13,29H,3,7-8,10-11H2,1-2H3,(H,25,30);1H/t13-,22-;/m0./s1.